The van der Waals surface area contributed by atoms with E-state index in [1.54, 1.807) is 18.2 Å². The third-order valence-electron chi connectivity index (χ3n) is 1.79. The number of hydrogen-bond donors (Lipinski definition) is 1. The number of halogens is 2. The molecule has 1 N–H and O–H groups in total. The monoisotopic (exact) mass is 201 g/mol. The molecule has 1 aromatic carbocycles. The first-order valence-corrected chi connectivity index (χ1v) is 3.99. The maximum atomic E-state index is 12.3. The number of hydrogen-bond acceptors (Lipinski definition) is 2. The van der Waals surface area contributed by atoms with Crippen LogP contribution in [0, 0.1) is 0 Å². The van der Waals surface area contributed by atoms with Crippen LogP contribution in [-0.4, -0.2) is 16.4 Å². The van der Waals surface area contributed by atoms with Crippen LogP contribution in [0.25, 0.3) is 0 Å². The predicted molar refractivity (Wildman–Crippen MR) is 45.5 cm³/mol. The second-order valence-electron chi connectivity index (χ2n) is 2.78. The lowest BCUT2D eigenvalue weighted by Crippen LogP contribution is -2.16. The van der Waals surface area contributed by atoms with Crippen molar-refractivity contribution >= 4 is 5.97 Å². The largest absolute Gasteiger partial charge is 0.481 e. The van der Waals surface area contributed by atoms with Gasteiger partial charge in [-0.3, -0.25) is 4.79 Å². The van der Waals surface area contributed by atoms with Gasteiger partial charge in [-0.1, -0.05) is 30.3 Å². The van der Waals surface area contributed by atoms with Crippen molar-refractivity contribution in [2.45, 2.75) is 12.5 Å². The van der Waals surface area contributed by atoms with E-state index in [1.165, 1.54) is 12.1 Å². The molecule has 1 rings (SSSR count). The number of aliphatic carboxylic acids is 1. The number of carboxylic acid groups (broad SMARTS) is 1. The fourth-order valence-corrected chi connectivity index (χ4v) is 1.14. The Morgan fingerprint density at radius 3 is 2.36 bits per heavy atom. The SMILES string of the molecule is O=C(O)CC(c1ccccc1)N(F)F. The summed E-state index contributed by atoms with van der Waals surface area (Å²) in [5.41, 5.74) is 0.292. The first kappa shape index (κ1) is 10.6. The molecular formula is C9H9F2NO2. The van der Waals surface area contributed by atoms with Crippen molar-refractivity contribution in [3.8, 4) is 0 Å². The highest BCUT2D eigenvalue weighted by atomic mass is 19.4. The topological polar surface area (TPSA) is 40.5 Å². The van der Waals surface area contributed by atoms with Crippen LogP contribution in [0.1, 0.15) is 18.0 Å². The van der Waals surface area contributed by atoms with Gasteiger partial charge in [0.2, 0.25) is 0 Å². The highest BCUT2D eigenvalue weighted by Gasteiger charge is 2.23. The molecule has 1 aromatic rings. The molecule has 0 saturated heterocycles. The molecule has 14 heavy (non-hydrogen) atoms. The van der Waals surface area contributed by atoms with Crippen LogP contribution in [0.2, 0.25) is 0 Å². The standard InChI is InChI=1S/C9H9F2NO2/c10-12(11)8(6-9(13)14)7-4-2-1-3-5-7/h1-5,8H,6H2,(H,13,14). The minimum atomic E-state index is -1.38. The molecule has 3 nitrogen and oxygen atoms in total. The van der Waals surface area contributed by atoms with E-state index in [-0.39, 0.29) is 0 Å². The first-order chi connectivity index (χ1) is 6.61. The molecule has 5 heteroatoms. The van der Waals surface area contributed by atoms with Crippen molar-refractivity contribution in [1.82, 2.24) is 5.34 Å². The van der Waals surface area contributed by atoms with Crippen molar-refractivity contribution in [3.05, 3.63) is 35.9 Å². The lowest BCUT2D eigenvalue weighted by atomic mass is 10.1. The van der Waals surface area contributed by atoms with Crippen molar-refractivity contribution in [2.75, 3.05) is 0 Å². The van der Waals surface area contributed by atoms with Gasteiger partial charge in [0, 0.05) is 5.34 Å². The van der Waals surface area contributed by atoms with Crippen molar-refractivity contribution < 1.29 is 18.9 Å². The molecule has 0 aliphatic carbocycles. The van der Waals surface area contributed by atoms with Gasteiger partial charge >= 0.3 is 5.97 Å². The summed E-state index contributed by atoms with van der Waals surface area (Å²) in [5.74, 6) is -1.25. The quantitative estimate of drug-likeness (QED) is 0.759. The third kappa shape index (κ3) is 2.77. The van der Waals surface area contributed by atoms with Crippen LogP contribution in [0.5, 0.6) is 0 Å². The molecule has 0 aliphatic heterocycles. The number of carbonyl (C=O) groups is 1. The molecule has 1 unspecified atom stereocenters. The Balaban J connectivity index is 2.83. The third-order valence-corrected chi connectivity index (χ3v) is 1.79. The Hall–Kier alpha value is -1.49. The molecule has 0 aromatic heterocycles. The van der Waals surface area contributed by atoms with Crippen molar-refractivity contribution in [3.63, 3.8) is 0 Å². The average molecular weight is 201 g/mol. The molecular weight excluding hydrogens is 192 g/mol. The second kappa shape index (κ2) is 4.66. The summed E-state index contributed by atoms with van der Waals surface area (Å²) in [4.78, 5) is 10.3. The van der Waals surface area contributed by atoms with Gasteiger partial charge in [-0.2, -0.15) is 0 Å². The zero-order valence-electron chi connectivity index (χ0n) is 7.23. The maximum absolute atomic E-state index is 12.3. The van der Waals surface area contributed by atoms with E-state index < -0.39 is 23.8 Å². The van der Waals surface area contributed by atoms with Crippen LogP contribution >= 0.6 is 0 Å². The number of rotatable bonds is 4. The molecule has 76 valence electrons. The minimum absolute atomic E-state index is 0.292. The molecule has 0 bridgehead atoms. The Morgan fingerprint density at radius 1 is 1.36 bits per heavy atom. The second-order valence-corrected chi connectivity index (χ2v) is 2.78. The number of carboxylic acids is 1. The highest BCUT2D eigenvalue weighted by Crippen LogP contribution is 2.24. The summed E-state index contributed by atoms with van der Waals surface area (Å²) in [5, 5.41) is 7.35. The van der Waals surface area contributed by atoms with Crippen molar-refractivity contribution in [1.29, 1.82) is 0 Å². The lowest BCUT2D eigenvalue weighted by molar-refractivity contribution is -0.195. The molecule has 0 spiro atoms. The predicted octanol–water partition coefficient (Wildman–Crippen LogP) is 2.27. The highest BCUT2D eigenvalue weighted by molar-refractivity contribution is 5.67. The molecule has 1 atom stereocenters. The normalized spacial score (nSPS) is 12.8. The van der Waals surface area contributed by atoms with E-state index in [4.69, 9.17) is 5.11 Å². The van der Waals surface area contributed by atoms with Crippen LogP contribution in [0.3, 0.4) is 0 Å². The van der Waals surface area contributed by atoms with Gasteiger partial charge in [0.15, 0.2) is 0 Å². The van der Waals surface area contributed by atoms with E-state index in [0.29, 0.717) is 5.56 Å². The lowest BCUT2D eigenvalue weighted by Gasteiger charge is -2.14. The smallest absolute Gasteiger partial charge is 0.305 e. The number of benzene rings is 1. The Bertz CT molecular complexity index is 303. The summed E-state index contributed by atoms with van der Waals surface area (Å²) < 4.78 is 24.6. The van der Waals surface area contributed by atoms with Crippen molar-refractivity contribution in [2.24, 2.45) is 0 Å². The van der Waals surface area contributed by atoms with Crippen LogP contribution < -0.4 is 0 Å². The Kier molecular flexibility index (Phi) is 3.53. The fourth-order valence-electron chi connectivity index (χ4n) is 1.14. The first-order valence-electron chi connectivity index (χ1n) is 3.99. The van der Waals surface area contributed by atoms with Gasteiger partial charge in [0.25, 0.3) is 0 Å². The minimum Gasteiger partial charge on any atom is -0.481 e. The van der Waals surface area contributed by atoms with Gasteiger partial charge in [-0.15, -0.1) is 8.96 Å². The summed E-state index contributed by atoms with van der Waals surface area (Å²) in [6, 6.07) is 6.43. The van der Waals surface area contributed by atoms with Crippen LogP contribution in [0.4, 0.5) is 8.96 Å². The van der Waals surface area contributed by atoms with E-state index >= 15 is 0 Å². The summed E-state index contributed by atoms with van der Waals surface area (Å²) in [7, 11) is 0. The molecule has 0 saturated carbocycles. The van der Waals surface area contributed by atoms with Crippen LogP contribution in [-0.2, 0) is 4.79 Å². The van der Waals surface area contributed by atoms with Gasteiger partial charge in [-0.25, -0.2) is 0 Å². The van der Waals surface area contributed by atoms with E-state index in [0.717, 1.165) is 0 Å². The average Bonchev–Trinajstić information content (AvgIpc) is 2.15. The van der Waals surface area contributed by atoms with Gasteiger partial charge < -0.3 is 5.11 Å². The zero-order valence-corrected chi connectivity index (χ0v) is 7.23. The van der Waals surface area contributed by atoms with E-state index in [2.05, 4.69) is 0 Å². The van der Waals surface area contributed by atoms with Crippen LogP contribution in [0.15, 0.2) is 30.3 Å². The van der Waals surface area contributed by atoms with Gasteiger partial charge in [0.1, 0.15) is 6.04 Å². The van der Waals surface area contributed by atoms with E-state index in [9.17, 15) is 13.8 Å². The summed E-state index contributed by atoms with van der Waals surface area (Å²) >= 11 is 0. The Labute approximate surface area is 79.4 Å². The Morgan fingerprint density at radius 2 is 1.93 bits per heavy atom. The molecule has 0 radical (unpaired) electrons. The van der Waals surface area contributed by atoms with E-state index in [1.807, 2.05) is 0 Å². The molecule has 0 heterocycles. The summed E-state index contributed by atoms with van der Waals surface area (Å²) in [6.45, 7) is 0. The molecule has 0 fully saturated rings. The fraction of sp³-hybridized carbons (Fsp3) is 0.222. The molecule has 0 amide bonds. The molecule has 0 aliphatic rings. The van der Waals surface area contributed by atoms with Gasteiger partial charge in [0.05, 0.1) is 6.42 Å². The maximum Gasteiger partial charge on any atom is 0.305 e. The van der Waals surface area contributed by atoms with Gasteiger partial charge in [-0.05, 0) is 5.56 Å². The number of nitrogens with zero attached hydrogens (tertiary/aromatic N) is 1. The summed E-state index contributed by atoms with van der Waals surface area (Å²) in [6.07, 6.45) is -0.614. The zero-order chi connectivity index (χ0) is 10.6.